The van der Waals surface area contributed by atoms with E-state index >= 15 is 0 Å². The molecule has 5 aromatic rings. The largest absolute Gasteiger partial charge is 0.457 e. The van der Waals surface area contributed by atoms with Crippen LogP contribution in [0.5, 0.6) is 11.5 Å². The lowest BCUT2D eigenvalue weighted by Crippen LogP contribution is -2.52. The molecular formula is C27H28N8O2. The Kier molecular flexibility index (Phi) is 5.41. The number of imidazole rings is 1. The second-order valence-corrected chi connectivity index (χ2v) is 10.0. The van der Waals surface area contributed by atoms with Crippen LogP contribution in [-0.2, 0) is 7.05 Å². The lowest BCUT2D eigenvalue weighted by Gasteiger charge is -2.45. The third-order valence-electron chi connectivity index (χ3n) is 6.94. The molecule has 10 nitrogen and oxygen atoms in total. The standard InChI is InChI=1S/C27H28N8O2/c1-16-9-17(5-8-23(16)37-19-6-7-22-20(10-19)31-15-34(22)3)32-25-24-21(29-14-30-25)13-28-26(33-24)35(4)18-11-27(2,36)12-18/h5-10,13-15,18,36H,11-12H2,1-4H3,(H,29,30,32). The summed E-state index contributed by atoms with van der Waals surface area (Å²) in [6, 6.07) is 12.0. The predicted octanol–water partition coefficient (Wildman–Crippen LogP) is 4.50. The number of aromatic nitrogens is 6. The van der Waals surface area contributed by atoms with Gasteiger partial charge in [-0.1, -0.05) is 0 Å². The molecule has 0 unspecified atom stereocenters. The van der Waals surface area contributed by atoms with Gasteiger partial charge in [0.25, 0.3) is 0 Å². The highest BCUT2D eigenvalue weighted by atomic mass is 16.5. The molecule has 2 N–H and O–H groups in total. The van der Waals surface area contributed by atoms with E-state index in [2.05, 4.69) is 25.3 Å². The highest BCUT2D eigenvalue weighted by Gasteiger charge is 2.41. The number of hydrogen-bond donors (Lipinski definition) is 2. The molecule has 1 fully saturated rings. The van der Waals surface area contributed by atoms with Gasteiger partial charge in [0.05, 0.1) is 29.2 Å². The summed E-state index contributed by atoms with van der Waals surface area (Å²) < 4.78 is 8.13. The van der Waals surface area contributed by atoms with Crippen LogP contribution < -0.4 is 15.0 Å². The first kappa shape index (κ1) is 23.1. The van der Waals surface area contributed by atoms with Crippen molar-refractivity contribution in [3.05, 3.63) is 60.8 Å². The second kappa shape index (κ2) is 8.67. The molecular weight excluding hydrogens is 468 g/mol. The van der Waals surface area contributed by atoms with E-state index in [1.165, 1.54) is 6.33 Å². The van der Waals surface area contributed by atoms with E-state index < -0.39 is 5.60 Å². The number of nitrogens with zero attached hydrogens (tertiary/aromatic N) is 7. The van der Waals surface area contributed by atoms with Crippen LogP contribution in [0.3, 0.4) is 0 Å². The fourth-order valence-corrected chi connectivity index (χ4v) is 4.78. The van der Waals surface area contributed by atoms with Gasteiger partial charge >= 0.3 is 0 Å². The Bertz CT molecular complexity index is 1620. The molecule has 1 aliphatic carbocycles. The first-order valence-electron chi connectivity index (χ1n) is 12.2. The molecule has 1 aliphatic rings. The normalized spacial score (nSPS) is 19.1. The van der Waals surface area contributed by atoms with Crippen molar-refractivity contribution in [2.45, 2.75) is 38.3 Å². The van der Waals surface area contributed by atoms with Gasteiger partial charge in [-0.25, -0.2) is 24.9 Å². The van der Waals surface area contributed by atoms with Crippen molar-refractivity contribution in [2.75, 3.05) is 17.3 Å². The van der Waals surface area contributed by atoms with Crippen LogP contribution in [0.1, 0.15) is 25.3 Å². The van der Waals surface area contributed by atoms with E-state index in [9.17, 15) is 5.11 Å². The first-order chi connectivity index (χ1) is 17.8. The van der Waals surface area contributed by atoms with E-state index in [4.69, 9.17) is 9.72 Å². The Balaban J connectivity index is 1.23. The van der Waals surface area contributed by atoms with Gasteiger partial charge in [-0.15, -0.1) is 0 Å². The molecule has 0 aliphatic heterocycles. The SMILES string of the molecule is Cc1cc(Nc2ncnc3cnc(N(C)C4CC(C)(O)C4)nc23)ccc1Oc1ccc2c(c1)ncn2C. The predicted molar refractivity (Wildman–Crippen MR) is 142 cm³/mol. The van der Waals surface area contributed by atoms with E-state index in [0.29, 0.717) is 35.6 Å². The summed E-state index contributed by atoms with van der Waals surface area (Å²) in [4.78, 5) is 24.4. The number of nitrogens with one attached hydrogen (secondary N) is 1. The van der Waals surface area contributed by atoms with Crippen LogP contribution in [-0.4, -0.2) is 53.3 Å². The molecule has 0 amide bonds. The summed E-state index contributed by atoms with van der Waals surface area (Å²) in [6.07, 6.45) is 6.37. The Hall–Kier alpha value is -4.31. The number of aliphatic hydroxyl groups is 1. The summed E-state index contributed by atoms with van der Waals surface area (Å²) in [7, 11) is 3.92. The van der Waals surface area contributed by atoms with Gasteiger partial charge in [-0.05, 0) is 62.6 Å². The average Bonchev–Trinajstić information content (AvgIpc) is 3.23. The number of aryl methyl sites for hydroxylation is 2. The Morgan fingerprint density at radius 1 is 1.08 bits per heavy atom. The Morgan fingerprint density at radius 3 is 2.70 bits per heavy atom. The molecule has 3 heterocycles. The lowest BCUT2D eigenvalue weighted by atomic mass is 9.76. The van der Waals surface area contributed by atoms with E-state index in [-0.39, 0.29) is 6.04 Å². The fourth-order valence-electron chi connectivity index (χ4n) is 4.78. The minimum Gasteiger partial charge on any atom is -0.457 e. The molecule has 1 saturated carbocycles. The maximum atomic E-state index is 10.1. The summed E-state index contributed by atoms with van der Waals surface area (Å²) in [5.74, 6) is 2.67. The van der Waals surface area contributed by atoms with Crippen molar-refractivity contribution in [2.24, 2.45) is 7.05 Å². The van der Waals surface area contributed by atoms with Crippen LogP contribution >= 0.6 is 0 Å². The van der Waals surface area contributed by atoms with E-state index in [1.54, 1.807) is 12.5 Å². The molecule has 3 aromatic heterocycles. The van der Waals surface area contributed by atoms with Gasteiger partial charge in [-0.3, -0.25) is 0 Å². The quantitative estimate of drug-likeness (QED) is 0.351. The first-order valence-corrected chi connectivity index (χ1v) is 12.2. The Labute approximate surface area is 214 Å². The van der Waals surface area contributed by atoms with Crippen LogP contribution in [0.15, 0.2) is 55.2 Å². The van der Waals surface area contributed by atoms with Gasteiger partial charge in [0.15, 0.2) is 5.82 Å². The maximum Gasteiger partial charge on any atom is 0.226 e. The zero-order valence-corrected chi connectivity index (χ0v) is 21.2. The van der Waals surface area contributed by atoms with Crippen molar-refractivity contribution in [3.8, 4) is 11.5 Å². The highest BCUT2D eigenvalue weighted by Crippen LogP contribution is 2.36. The zero-order valence-electron chi connectivity index (χ0n) is 21.2. The lowest BCUT2D eigenvalue weighted by molar-refractivity contribution is -0.0301. The van der Waals surface area contributed by atoms with Gasteiger partial charge in [0.1, 0.15) is 28.9 Å². The van der Waals surface area contributed by atoms with Crippen LogP contribution in [0.4, 0.5) is 17.5 Å². The van der Waals surface area contributed by atoms with Crippen molar-refractivity contribution < 1.29 is 9.84 Å². The number of rotatable bonds is 6. The van der Waals surface area contributed by atoms with Gasteiger partial charge < -0.3 is 24.6 Å². The third-order valence-corrected chi connectivity index (χ3v) is 6.94. The van der Waals surface area contributed by atoms with Gasteiger partial charge in [-0.2, -0.15) is 0 Å². The smallest absolute Gasteiger partial charge is 0.226 e. The molecule has 188 valence electrons. The van der Waals surface area contributed by atoms with Crippen molar-refractivity contribution in [1.82, 2.24) is 29.5 Å². The topological polar surface area (TPSA) is 114 Å². The fraction of sp³-hybridized carbons (Fsp3) is 0.296. The monoisotopic (exact) mass is 496 g/mol. The summed E-state index contributed by atoms with van der Waals surface area (Å²) in [5.41, 5.74) is 4.43. The number of hydrogen-bond acceptors (Lipinski definition) is 9. The summed E-state index contributed by atoms with van der Waals surface area (Å²) >= 11 is 0. The molecule has 6 rings (SSSR count). The van der Waals surface area contributed by atoms with Crippen molar-refractivity contribution in [3.63, 3.8) is 0 Å². The van der Waals surface area contributed by atoms with Crippen LogP contribution in [0, 0.1) is 6.92 Å². The molecule has 0 radical (unpaired) electrons. The van der Waals surface area contributed by atoms with Crippen molar-refractivity contribution >= 4 is 39.5 Å². The highest BCUT2D eigenvalue weighted by molar-refractivity contribution is 5.87. The number of benzene rings is 2. The second-order valence-electron chi connectivity index (χ2n) is 10.0. The van der Waals surface area contributed by atoms with Gasteiger partial charge in [0, 0.05) is 31.9 Å². The number of fused-ring (bicyclic) bond motifs is 2. The molecule has 0 spiro atoms. The van der Waals surface area contributed by atoms with E-state index in [0.717, 1.165) is 33.8 Å². The van der Waals surface area contributed by atoms with Crippen LogP contribution in [0.25, 0.3) is 22.1 Å². The van der Waals surface area contributed by atoms with Crippen molar-refractivity contribution in [1.29, 1.82) is 0 Å². The Morgan fingerprint density at radius 2 is 1.92 bits per heavy atom. The average molecular weight is 497 g/mol. The van der Waals surface area contributed by atoms with Crippen LogP contribution in [0.2, 0.25) is 0 Å². The van der Waals surface area contributed by atoms with E-state index in [1.807, 2.05) is 73.8 Å². The zero-order chi connectivity index (χ0) is 25.7. The number of anilines is 3. The third kappa shape index (κ3) is 4.40. The molecule has 10 heteroatoms. The molecule has 0 bridgehead atoms. The molecule has 0 atom stereocenters. The number of ether oxygens (including phenoxy) is 1. The summed E-state index contributed by atoms with van der Waals surface area (Å²) in [5, 5.41) is 13.5. The maximum absolute atomic E-state index is 10.1. The molecule has 2 aromatic carbocycles. The van der Waals surface area contributed by atoms with Gasteiger partial charge in [0.2, 0.25) is 5.95 Å². The minimum absolute atomic E-state index is 0.196. The molecule has 37 heavy (non-hydrogen) atoms. The summed E-state index contributed by atoms with van der Waals surface area (Å²) in [6.45, 7) is 3.85. The minimum atomic E-state index is -0.621. The molecule has 0 saturated heterocycles.